The van der Waals surface area contributed by atoms with Crippen LogP contribution in [0.15, 0.2) is 117 Å². The molecule has 1 unspecified atom stereocenters. The molecule has 0 bridgehead atoms. The van der Waals surface area contributed by atoms with E-state index in [9.17, 15) is 18.3 Å². The van der Waals surface area contributed by atoms with Crippen LogP contribution in [0.5, 0.6) is 5.75 Å². The molecule has 6 rings (SSSR count). The van der Waals surface area contributed by atoms with Gasteiger partial charge in [0, 0.05) is 29.2 Å². The summed E-state index contributed by atoms with van der Waals surface area (Å²) in [6.45, 7) is 1.73. The lowest BCUT2D eigenvalue weighted by molar-refractivity contribution is 0.420. The zero-order chi connectivity index (χ0) is 28.6. The number of aromatic nitrogens is 1. The predicted octanol–water partition coefficient (Wildman–Crippen LogP) is 5.99. The number of aromatic amines is 1. The number of aromatic hydroxyl groups is 1. The standard InChI is InChI=1S/C33H28N2O5S/c1-21-19-29(36)31(33(37)40-21)30(23-10-3-2-4-11-23)32-27(26-13-7-8-14-28(26)35-32)17-18-34-41(38,39)25-16-15-22-9-5-6-12-24(22)20-25/h2-16,19-20,30,34-36H,17-18H2,1H3. The minimum absolute atomic E-state index is 0.117. The highest BCUT2D eigenvalue weighted by atomic mass is 32.2. The molecule has 0 aliphatic carbocycles. The van der Waals surface area contributed by atoms with E-state index in [1.54, 1.807) is 25.1 Å². The normalized spacial score (nSPS) is 12.6. The van der Waals surface area contributed by atoms with Gasteiger partial charge in [-0.25, -0.2) is 17.9 Å². The van der Waals surface area contributed by atoms with E-state index in [1.807, 2.05) is 78.9 Å². The maximum absolute atomic E-state index is 13.2. The van der Waals surface area contributed by atoms with Crippen molar-refractivity contribution in [3.8, 4) is 5.75 Å². The van der Waals surface area contributed by atoms with Gasteiger partial charge < -0.3 is 14.5 Å². The molecule has 6 aromatic rings. The van der Waals surface area contributed by atoms with Gasteiger partial charge in [0.25, 0.3) is 0 Å². The Balaban J connectivity index is 1.40. The van der Waals surface area contributed by atoms with Crippen LogP contribution in [0.3, 0.4) is 0 Å². The van der Waals surface area contributed by atoms with Crippen molar-refractivity contribution < 1.29 is 17.9 Å². The Morgan fingerprint density at radius 2 is 1.59 bits per heavy atom. The molecule has 0 aliphatic heterocycles. The van der Waals surface area contributed by atoms with Crippen LogP contribution in [0.25, 0.3) is 21.7 Å². The van der Waals surface area contributed by atoms with Crippen molar-refractivity contribution in [3.05, 3.63) is 142 Å². The topological polar surface area (TPSA) is 112 Å². The number of rotatable bonds is 8. The summed E-state index contributed by atoms with van der Waals surface area (Å²) in [7, 11) is -3.78. The van der Waals surface area contributed by atoms with Crippen LogP contribution in [0, 0.1) is 6.92 Å². The fraction of sp³-hybridized carbons (Fsp3) is 0.121. The number of hydrogen-bond acceptors (Lipinski definition) is 5. The number of fused-ring (bicyclic) bond motifs is 2. The van der Waals surface area contributed by atoms with Crippen molar-refractivity contribution in [1.29, 1.82) is 0 Å². The molecule has 8 heteroatoms. The van der Waals surface area contributed by atoms with E-state index in [0.29, 0.717) is 17.9 Å². The molecule has 1 atom stereocenters. The maximum Gasteiger partial charge on any atom is 0.343 e. The Kier molecular flexibility index (Phi) is 6.95. The number of para-hydroxylation sites is 1. The first-order valence-corrected chi connectivity index (χ1v) is 14.8. The lowest BCUT2D eigenvalue weighted by Crippen LogP contribution is -2.26. The first kappa shape index (κ1) is 26.6. The molecule has 0 spiro atoms. The Morgan fingerprint density at radius 3 is 2.37 bits per heavy atom. The van der Waals surface area contributed by atoms with Gasteiger partial charge >= 0.3 is 5.63 Å². The first-order chi connectivity index (χ1) is 19.8. The Morgan fingerprint density at radius 1 is 0.878 bits per heavy atom. The van der Waals surface area contributed by atoms with Crippen molar-refractivity contribution in [2.45, 2.75) is 24.2 Å². The van der Waals surface area contributed by atoms with Gasteiger partial charge in [0.1, 0.15) is 11.5 Å². The maximum atomic E-state index is 13.2. The summed E-state index contributed by atoms with van der Waals surface area (Å²) in [5, 5.41) is 13.7. The first-order valence-electron chi connectivity index (χ1n) is 13.3. The van der Waals surface area contributed by atoms with Gasteiger partial charge in [-0.15, -0.1) is 0 Å². The third kappa shape index (κ3) is 5.15. The lowest BCUT2D eigenvalue weighted by atomic mass is 9.86. The Hall–Kier alpha value is -4.66. The van der Waals surface area contributed by atoms with Crippen molar-refractivity contribution >= 4 is 31.7 Å². The quantitative estimate of drug-likeness (QED) is 0.210. The number of sulfonamides is 1. The molecule has 2 heterocycles. The van der Waals surface area contributed by atoms with Crippen LogP contribution in [0.4, 0.5) is 0 Å². The van der Waals surface area contributed by atoms with E-state index in [0.717, 1.165) is 32.8 Å². The molecule has 0 aliphatic rings. The van der Waals surface area contributed by atoms with Gasteiger partial charge in [0.2, 0.25) is 10.0 Å². The second-order valence-corrected chi connectivity index (χ2v) is 11.8. The number of aryl methyl sites for hydroxylation is 1. The van der Waals surface area contributed by atoms with Crippen LogP contribution in [-0.4, -0.2) is 25.1 Å². The second kappa shape index (κ2) is 10.7. The van der Waals surface area contributed by atoms with Crippen molar-refractivity contribution in [1.82, 2.24) is 9.71 Å². The van der Waals surface area contributed by atoms with Crippen LogP contribution in [-0.2, 0) is 16.4 Å². The van der Waals surface area contributed by atoms with Crippen LogP contribution < -0.4 is 10.3 Å². The van der Waals surface area contributed by atoms with E-state index in [4.69, 9.17) is 4.42 Å². The smallest absolute Gasteiger partial charge is 0.343 e. The SMILES string of the molecule is Cc1cc(O)c(C(c2ccccc2)c2[nH]c3ccccc3c2CCNS(=O)(=O)c2ccc3ccccc3c2)c(=O)o1. The molecular formula is C33H28N2O5S. The Bertz CT molecular complexity index is 2050. The van der Waals surface area contributed by atoms with E-state index >= 15 is 0 Å². The fourth-order valence-corrected chi connectivity index (χ4v) is 6.53. The van der Waals surface area contributed by atoms with Gasteiger partial charge in [-0.3, -0.25) is 0 Å². The lowest BCUT2D eigenvalue weighted by Gasteiger charge is -2.19. The number of nitrogens with one attached hydrogen (secondary N) is 2. The van der Waals surface area contributed by atoms with Crippen molar-refractivity contribution in [2.24, 2.45) is 0 Å². The van der Waals surface area contributed by atoms with Crippen LogP contribution in [0.2, 0.25) is 0 Å². The summed E-state index contributed by atoms with van der Waals surface area (Å²) in [4.78, 5) is 16.8. The van der Waals surface area contributed by atoms with Gasteiger partial charge in [0.15, 0.2) is 0 Å². The third-order valence-electron chi connectivity index (χ3n) is 7.34. The van der Waals surface area contributed by atoms with Gasteiger partial charge in [-0.05, 0) is 53.4 Å². The third-order valence-corrected chi connectivity index (χ3v) is 8.80. The summed E-state index contributed by atoms with van der Waals surface area (Å²) < 4.78 is 34.6. The highest BCUT2D eigenvalue weighted by Crippen LogP contribution is 2.39. The summed E-state index contributed by atoms with van der Waals surface area (Å²) in [6, 6.07) is 31.2. The highest BCUT2D eigenvalue weighted by Gasteiger charge is 2.29. The van der Waals surface area contributed by atoms with E-state index in [1.165, 1.54) is 6.07 Å². The summed E-state index contributed by atoms with van der Waals surface area (Å²) >= 11 is 0. The molecule has 41 heavy (non-hydrogen) atoms. The summed E-state index contributed by atoms with van der Waals surface area (Å²) in [5.74, 6) is -0.523. The average Bonchev–Trinajstić information content (AvgIpc) is 3.33. The molecule has 0 amide bonds. The van der Waals surface area contributed by atoms with E-state index in [2.05, 4.69) is 9.71 Å². The predicted molar refractivity (Wildman–Crippen MR) is 160 cm³/mol. The summed E-state index contributed by atoms with van der Waals surface area (Å²) in [5.41, 5.74) is 2.64. The molecule has 206 valence electrons. The van der Waals surface area contributed by atoms with Gasteiger partial charge in [-0.1, -0.05) is 78.9 Å². The molecule has 0 saturated carbocycles. The van der Waals surface area contributed by atoms with Crippen molar-refractivity contribution in [2.75, 3.05) is 6.54 Å². The molecule has 7 nitrogen and oxygen atoms in total. The minimum atomic E-state index is -3.78. The molecule has 0 radical (unpaired) electrons. The monoisotopic (exact) mass is 564 g/mol. The molecule has 3 N–H and O–H groups in total. The number of benzene rings is 4. The zero-order valence-corrected chi connectivity index (χ0v) is 23.1. The van der Waals surface area contributed by atoms with Crippen molar-refractivity contribution in [3.63, 3.8) is 0 Å². The summed E-state index contributed by atoms with van der Waals surface area (Å²) in [6.07, 6.45) is 0.341. The van der Waals surface area contributed by atoms with Gasteiger partial charge in [-0.2, -0.15) is 0 Å². The molecular weight excluding hydrogens is 536 g/mol. The minimum Gasteiger partial charge on any atom is -0.507 e. The number of hydrogen-bond donors (Lipinski definition) is 3. The van der Waals surface area contributed by atoms with Gasteiger partial charge in [0.05, 0.1) is 16.4 Å². The van der Waals surface area contributed by atoms with E-state index in [-0.39, 0.29) is 22.8 Å². The second-order valence-electron chi connectivity index (χ2n) is 10.0. The largest absolute Gasteiger partial charge is 0.507 e. The van der Waals surface area contributed by atoms with E-state index < -0.39 is 21.6 Å². The Labute approximate surface area is 237 Å². The number of H-pyrrole nitrogens is 1. The molecule has 4 aromatic carbocycles. The fourth-order valence-electron chi connectivity index (χ4n) is 5.46. The molecule has 0 fully saturated rings. The van der Waals surface area contributed by atoms with Crippen LogP contribution in [0.1, 0.15) is 34.1 Å². The zero-order valence-electron chi connectivity index (χ0n) is 22.3. The highest BCUT2D eigenvalue weighted by molar-refractivity contribution is 7.89. The molecule has 2 aromatic heterocycles. The molecule has 0 saturated heterocycles. The average molecular weight is 565 g/mol. The van der Waals surface area contributed by atoms with Crippen LogP contribution >= 0.6 is 0 Å².